The van der Waals surface area contributed by atoms with Crippen molar-refractivity contribution in [3.05, 3.63) is 0 Å². The predicted octanol–water partition coefficient (Wildman–Crippen LogP) is 16.7. The zero-order chi connectivity index (χ0) is 33.9. The van der Waals surface area contributed by atoms with Crippen LogP contribution in [0, 0.1) is 5.41 Å². The van der Waals surface area contributed by atoms with Crippen molar-refractivity contribution in [1.82, 2.24) is 0 Å². The first kappa shape index (κ1) is 45.9. The molecule has 0 aliphatic carbocycles. The molecule has 46 heavy (non-hydrogen) atoms. The fraction of sp³-hybridized carbons (Fsp3) is 1.00. The van der Waals surface area contributed by atoms with Gasteiger partial charge in [-0.2, -0.15) is 0 Å². The second kappa shape index (κ2) is 34.8. The van der Waals surface area contributed by atoms with Crippen molar-refractivity contribution in [2.45, 2.75) is 278 Å². The van der Waals surface area contributed by atoms with Gasteiger partial charge < -0.3 is 0 Å². The molecule has 0 saturated carbocycles. The van der Waals surface area contributed by atoms with Crippen molar-refractivity contribution in [2.24, 2.45) is 5.41 Å². The minimum absolute atomic E-state index is 0.271. The molecule has 0 fully saturated rings. The van der Waals surface area contributed by atoms with E-state index in [1.54, 1.807) is 0 Å². The first-order valence-corrected chi connectivity index (χ1v) is 21.8. The number of hydrogen-bond acceptors (Lipinski definition) is 2. The zero-order valence-electron chi connectivity index (χ0n) is 33.0. The summed E-state index contributed by atoms with van der Waals surface area (Å²) in [7, 11) is 0. The van der Waals surface area contributed by atoms with Crippen LogP contribution in [-0.2, 0) is 4.89 Å². The van der Waals surface area contributed by atoms with Gasteiger partial charge in [0, 0.05) is 0 Å². The van der Waals surface area contributed by atoms with E-state index in [1.165, 1.54) is 218 Å². The van der Waals surface area contributed by atoms with Crippen molar-refractivity contribution < 1.29 is 10.1 Å². The minimum atomic E-state index is -0.348. The molecule has 0 amide bonds. The van der Waals surface area contributed by atoms with Gasteiger partial charge in [-0.25, -0.2) is 4.89 Å². The third-order valence-electron chi connectivity index (χ3n) is 11.2. The molecule has 278 valence electrons. The molecule has 0 aliphatic heterocycles. The maximum atomic E-state index is 10.7. The largest absolute Gasteiger partial charge is 0.251 e. The SMILES string of the molecule is CCCCCCCCCCC(C)(CCCCCCCCCC)CC(CCCCCCCCCC)(CCCCCCCCCC)OO. The lowest BCUT2D eigenvalue weighted by molar-refractivity contribution is -0.335. The Morgan fingerprint density at radius 2 is 0.543 bits per heavy atom. The second-order valence-corrected chi connectivity index (χ2v) is 16.2. The van der Waals surface area contributed by atoms with Gasteiger partial charge in [0.05, 0.1) is 0 Å². The van der Waals surface area contributed by atoms with E-state index in [1.807, 2.05) is 0 Å². The van der Waals surface area contributed by atoms with Crippen LogP contribution >= 0.6 is 0 Å². The smallest absolute Gasteiger partial charge is 0.104 e. The Hall–Kier alpha value is -0.0800. The molecule has 0 heterocycles. The maximum absolute atomic E-state index is 10.7. The summed E-state index contributed by atoms with van der Waals surface area (Å²) in [5.41, 5.74) is -0.0765. The van der Waals surface area contributed by atoms with E-state index in [-0.39, 0.29) is 11.0 Å². The van der Waals surface area contributed by atoms with Crippen LogP contribution in [0.4, 0.5) is 0 Å². The van der Waals surface area contributed by atoms with Crippen LogP contribution in [0.5, 0.6) is 0 Å². The molecule has 2 nitrogen and oxygen atoms in total. The molecule has 0 radical (unpaired) electrons. The molecule has 0 aromatic heterocycles. The molecule has 1 N–H and O–H groups in total. The summed E-state index contributed by atoms with van der Waals surface area (Å²) in [6.07, 6.45) is 49.4. The highest BCUT2D eigenvalue weighted by atomic mass is 17.1. The van der Waals surface area contributed by atoms with E-state index in [0.717, 1.165) is 19.3 Å². The van der Waals surface area contributed by atoms with Gasteiger partial charge >= 0.3 is 0 Å². The topological polar surface area (TPSA) is 29.5 Å². The normalized spacial score (nSPS) is 12.4. The average Bonchev–Trinajstić information content (AvgIpc) is 3.06. The summed E-state index contributed by atoms with van der Waals surface area (Å²) in [5.74, 6) is 0. The first-order valence-electron chi connectivity index (χ1n) is 21.8. The average molecular weight is 651 g/mol. The lowest BCUT2D eigenvalue weighted by Gasteiger charge is -2.40. The molecule has 0 aromatic rings. The van der Waals surface area contributed by atoms with E-state index in [2.05, 4.69) is 34.6 Å². The van der Waals surface area contributed by atoms with E-state index in [9.17, 15) is 5.26 Å². The summed E-state index contributed by atoms with van der Waals surface area (Å²) < 4.78 is 0. The Balaban J connectivity index is 5.23. The van der Waals surface area contributed by atoms with Crippen LogP contribution in [0.2, 0.25) is 0 Å². The van der Waals surface area contributed by atoms with Gasteiger partial charge in [0.15, 0.2) is 0 Å². The molecule has 0 rings (SSSR count). The van der Waals surface area contributed by atoms with Crippen molar-refractivity contribution in [1.29, 1.82) is 0 Å². The van der Waals surface area contributed by atoms with Crippen molar-refractivity contribution in [3.63, 3.8) is 0 Å². The molecule has 0 aromatic carbocycles. The summed E-state index contributed by atoms with van der Waals surface area (Å²) in [5, 5.41) is 10.7. The van der Waals surface area contributed by atoms with Crippen molar-refractivity contribution >= 4 is 0 Å². The summed E-state index contributed by atoms with van der Waals surface area (Å²) in [6.45, 7) is 11.8. The van der Waals surface area contributed by atoms with E-state index >= 15 is 0 Å². The highest BCUT2D eigenvalue weighted by Gasteiger charge is 2.39. The molecule has 0 atom stereocenters. The van der Waals surface area contributed by atoms with Gasteiger partial charge in [0.25, 0.3) is 0 Å². The Labute approximate surface area is 292 Å². The Morgan fingerprint density at radius 1 is 0.326 bits per heavy atom. The lowest BCUT2D eigenvalue weighted by atomic mass is 9.69. The molecular formula is C44H90O2. The van der Waals surface area contributed by atoms with Crippen LogP contribution in [0.25, 0.3) is 0 Å². The number of hydrogen-bond donors (Lipinski definition) is 1. The Bertz CT molecular complexity index is 532. The number of unbranched alkanes of at least 4 members (excludes halogenated alkanes) is 28. The van der Waals surface area contributed by atoms with Crippen molar-refractivity contribution in [2.75, 3.05) is 0 Å². The summed E-state index contributed by atoms with van der Waals surface area (Å²) >= 11 is 0. The van der Waals surface area contributed by atoms with Gasteiger partial charge in [-0.3, -0.25) is 5.26 Å². The first-order chi connectivity index (χ1) is 22.5. The second-order valence-electron chi connectivity index (χ2n) is 16.2. The Morgan fingerprint density at radius 3 is 0.783 bits per heavy atom. The van der Waals surface area contributed by atoms with Gasteiger partial charge in [-0.05, 0) is 37.5 Å². The quantitative estimate of drug-likeness (QED) is 0.0407. The highest BCUT2D eigenvalue weighted by Crippen LogP contribution is 2.44. The van der Waals surface area contributed by atoms with E-state index < -0.39 is 0 Å². The zero-order valence-corrected chi connectivity index (χ0v) is 33.0. The number of rotatable bonds is 39. The maximum Gasteiger partial charge on any atom is 0.104 e. The van der Waals surface area contributed by atoms with Crippen LogP contribution in [0.1, 0.15) is 272 Å². The van der Waals surface area contributed by atoms with Crippen LogP contribution in [0.3, 0.4) is 0 Å². The molecule has 0 unspecified atom stereocenters. The molecular weight excluding hydrogens is 560 g/mol. The van der Waals surface area contributed by atoms with Crippen molar-refractivity contribution in [3.8, 4) is 0 Å². The summed E-state index contributed by atoms with van der Waals surface area (Å²) in [4.78, 5) is 5.72. The van der Waals surface area contributed by atoms with Crippen LogP contribution in [-0.4, -0.2) is 10.9 Å². The van der Waals surface area contributed by atoms with Gasteiger partial charge in [-0.15, -0.1) is 0 Å². The van der Waals surface area contributed by atoms with Gasteiger partial charge in [0.2, 0.25) is 0 Å². The Kier molecular flexibility index (Phi) is 34.7. The minimum Gasteiger partial charge on any atom is -0.251 e. The third kappa shape index (κ3) is 28.9. The van der Waals surface area contributed by atoms with Crippen LogP contribution < -0.4 is 0 Å². The molecule has 0 saturated heterocycles. The fourth-order valence-electron chi connectivity index (χ4n) is 8.04. The highest BCUT2D eigenvalue weighted by molar-refractivity contribution is 4.89. The summed E-state index contributed by atoms with van der Waals surface area (Å²) in [6, 6.07) is 0. The predicted molar refractivity (Wildman–Crippen MR) is 208 cm³/mol. The van der Waals surface area contributed by atoms with Gasteiger partial charge in [0.1, 0.15) is 5.60 Å². The standard InChI is InChI=1S/C44H90O2/c1-6-10-14-18-22-26-30-34-38-43(5,39-35-31-27-23-19-15-11-7-2)42-44(46-45,40-36-32-28-24-20-16-12-8-3)41-37-33-29-25-21-17-13-9-4/h45H,6-42H2,1-5H3. The van der Waals surface area contributed by atoms with Gasteiger partial charge in [-0.1, -0.05) is 240 Å². The third-order valence-corrected chi connectivity index (χ3v) is 11.2. The fourth-order valence-corrected chi connectivity index (χ4v) is 8.04. The molecule has 0 aliphatic rings. The molecule has 0 bridgehead atoms. The lowest BCUT2D eigenvalue weighted by Crippen LogP contribution is -2.38. The monoisotopic (exact) mass is 651 g/mol. The van der Waals surface area contributed by atoms with E-state index in [4.69, 9.17) is 4.89 Å². The van der Waals surface area contributed by atoms with Crippen LogP contribution in [0.15, 0.2) is 0 Å². The molecule has 2 heteroatoms. The van der Waals surface area contributed by atoms with E-state index in [0.29, 0.717) is 0 Å². The molecule has 0 spiro atoms.